The molecule has 2 aromatic carbocycles. The molecule has 2 aliphatic rings. The van der Waals surface area contributed by atoms with Crippen molar-refractivity contribution in [3.05, 3.63) is 77.9 Å². The average Bonchev–Trinajstić information content (AvgIpc) is 3.67. The number of anilines is 6. The molecule has 0 unspecified atom stereocenters. The Hall–Kier alpha value is -4.65. The second-order valence-corrected chi connectivity index (χ2v) is 11.1. The number of aryl methyl sites for hydroxylation is 1. The Kier molecular flexibility index (Phi) is 8.13. The second-order valence-electron chi connectivity index (χ2n) is 11.1. The zero-order valence-corrected chi connectivity index (χ0v) is 24.5. The first-order valence-corrected chi connectivity index (χ1v) is 14.7. The number of rotatable bonds is 9. The fourth-order valence-electron chi connectivity index (χ4n) is 5.25. The molecule has 2 aromatic heterocycles. The molecule has 0 spiro atoms. The number of nitrogens with one attached hydrogen (secondary N) is 3. The van der Waals surface area contributed by atoms with E-state index >= 15 is 0 Å². The molecular formula is C31H34F3N9O. The highest BCUT2D eigenvalue weighted by Crippen LogP contribution is 2.37. The molecule has 2 fully saturated rings. The number of halogens is 3. The Morgan fingerprint density at radius 3 is 2.52 bits per heavy atom. The third kappa shape index (κ3) is 6.62. The lowest BCUT2D eigenvalue weighted by Crippen LogP contribution is -2.46. The molecule has 1 aliphatic heterocycles. The lowest BCUT2D eigenvalue weighted by Gasteiger charge is -2.36. The van der Waals surface area contributed by atoms with Crippen LogP contribution in [0.5, 0.6) is 0 Å². The summed E-state index contributed by atoms with van der Waals surface area (Å²) in [6.07, 6.45) is 2.38. The summed E-state index contributed by atoms with van der Waals surface area (Å²) in [5.74, 6) is 1.10. The molecule has 1 saturated carbocycles. The van der Waals surface area contributed by atoms with Gasteiger partial charge in [0, 0.05) is 67.6 Å². The van der Waals surface area contributed by atoms with Gasteiger partial charge in [0.15, 0.2) is 0 Å². The maximum absolute atomic E-state index is 13.9. The highest BCUT2D eigenvalue weighted by molar-refractivity contribution is 6.05. The number of likely N-dealkylation sites (N-methyl/N-ethyl adjacent to an activating group) is 1. The Morgan fingerprint density at radius 1 is 1.05 bits per heavy atom. The van der Waals surface area contributed by atoms with E-state index in [1.165, 1.54) is 12.4 Å². The molecule has 1 amide bonds. The first-order valence-electron chi connectivity index (χ1n) is 14.7. The minimum absolute atomic E-state index is 0.0654. The number of nitrogens with zero attached hydrogens (tertiary/aromatic N) is 6. The first kappa shape index (κ1) is 29.4. The molecule has 4 aromatic rings. The molecule has 0 radical (unpaired) electrons. The molecule has 13 heteroatoms. The van der Waals surface area contributed by atoms with Gasteiger partial charge in [0.2, 0.25) is 5.95 Å². The molecule has 1 saturated heterocycles. The summed E-state index contributed by atoms with van der Waals surface area (Å²) in [5, 5.41) is 6.19. The zero-order valence-electron chi connectivity index (χ0n) is 24.5. The van der Waals surface area contributed by atoms with Crippen molar-refractivity contribution in [1.82, 2.24) is 24.8 Å². The predicted octanol–water partition coefficient (Wildman–Crippen LogP) is 5.97. The van der Waals surface area contributed by atoms with Crippen LogP contribution >= 0.6 is 0 Å². The van der Waals surface area contributed by atoms with Gasteiger partial charge in [-0.3, -0.25) is 9.69 Å². The molecular weight excluding hydrogens is 571 g/mol. The van der Waals surface area contributed by atoms with Gasteiger partial charge in [-0.1, -0.05) is 13.0 Å². The summed E-state index contributed by atoms with van der Waals surface area (Å²) in [4.78, 5) is 35.8. The number of benzene rings is 2. The van der Waals surface area contributed by atoms with E-state index in [4.69, 9.17) is 0 Å². The monoisotopic (exact) mass is 605 g/mol. The van der Waals surface area contributed by atoms with Gasteiger partial charge in [0.1, 0.15) is 18.0 Å². The average molecular weight is 606 g/mol. The minimum atomic E-state index is -4.60. The van der Waals surface area contributed by atoms with Crippen molar-refractivity contribution in [3.8, 4) is 0 Å². The smallest absolute Gasteiger partial charge is 0.369 e. The molecule has 6 rings (SSSR count). The van der Waals surface area contributed by atoms with Gasteiger partial charge in [-0.15, -0.1) is 0 Å². The summed E-state index contributed by atoms with van der Waals surface area (Å²) >= 11 is 0. The summed E-state index contributed by atoms with van der Waals surface area (Å²) in [7, 11) is 0. The Morgan fingerprint density at radius 2 is 1.84 bits per heavy atom. The third-order valence-electron chi connectivity index (χ3n) is 7.91. The van der Waals surface area contributed by atoms with Gasteiger partial charge in [0.05, 0.1) is 11.3 Å². The molecule has 3 heterocycles. The van der Waals surface area contributed by atoms with Gasteiger partial charge < -0.3 is 25.4 Å². The van der Waals surface area contributed by atoms with E-state index in [0.29, 0.717) is 53.8 Å². The predicted molar refractivity (Wildman–Crippen MR) is 164 cm³/mol. The standard InChI is InChI=1S/C31H34F3N9O/c1-3-41-10-12-42(13-11-41)25-15-21(14-22(16-25)31(32,33)34)29(44)40-24-5-4-20(2)26(17-24)43(30-35-8-9-36-30)28-18-27(37-19-38-28)39-23-6-7-23/h4-5,8-9,14-19,23H,3,6-7,10-13H2,1-2H3,(H,35,36)(H,40,44)(H,37,38,39). The van der Waals surface area contributed by atoms with Gasteiger partial charge >= 0.3 is 6.18 Å². The van der Waals surface area contributed by atoms with E-state index < -0.39 is 17.6 Å². The van der Waals surface area contributed by atoms with Crippen molar-refractivity contribution >= 4 is 40.6 Å². The van der Waals surface area contributed by atoms with Crippen molar-refractivity contribution in [2.75, 3.05) is 53.2 Å². The maximum atomic E-state index is 13.9. The molecule has 44 heavy (non-hydrogen) atoms. The number of aromatic amines is 1. The highest BCUT2D eigenvalue weighted by atomic mass is 19.4. The number of carbonyl (C=O) groups is 1. The number of H-pyrrole nitrogens is 1. The zero-order chi connectivity index (χ0) is 30.8. The quantitative estimate of drug-likeness (QED) is 0.215. The number of aromatic nitrogens is 4. The summed E-state index contributed by atoms with van der Waals surface area (Å²) in [6, 6.07) is 11.1. The molecule has 3 N–H and O–H groups in total. The van der Waals surface area contributed by atoms with E-state index in [9.17, 15) is 18.0 Å². The number of amides is 1. The molecule has 1 aliphatic carbocycles. The summed E-state index contributed by atoms with van der Waals surface area (Å²) in [6.45, 7) is 7.52. The Labute approximate surface area is 253 Å². The van der Waals surface area contributed by atoms with Crippen molar-refractivity contribution in [2.24, 2.45) is 0 Å². The molecule has 230 valence electrons. The summed E-state index contributed by atoms with van der Waals surface area (Å²) < 4.78 is 41.8. The van der Waals surface area contributed by atoms with Crippen LogP contribution in [-0.2, 0) is 6.18 Å². The highest BCUT2D eigenvalue weighted by Gasteiger charge is 2.33. The lowest BCUT2D eigenvalue weighted by molar-refractivity contribution is -0.137. The molecule has 0 bridgehead atoms. The van der Waals surface area contributed by atoms with Crippen molar-refractivity contribution in [2.45, 2.75) is 38.9 Å². The number of carbonyl (C=O) groups excluding carboxylic acids is 1. The fraction of sp³-hybridized carbons (Fsp3) is 0.355. The van der Waals surface area contributed by atoms with Crippen LogP contribution in [-0.4, -0.2) is 69.5 Å². The van der Waals surface area contributed by atoms with Crippen LogP contribution in [0.15, 0.2) is 61.2 Å². The number of imidazole rings is 1. The van der Waals surface area contributed by atoms with Gasteiger partial charge in [-0.05, 0) is 62.2 Å². The first-order chi connectivity index (χ1) is 21.2. The van der Waals surface area contributed by atoms with E-state index in [1.807, 2.05) is 28.9 Å². The van der Waals surface area contributed by atoms with Crippen LogP contribution in [0.2, 0.25) is 0 Å². The van der Waals surface area contributed by atoms with Crippen LogP contribution in [0.4, 0.5) is 47.8 Å². The van der Waals surface area contributed by atoms with E-state index in [1.54, 1.807) is 24.5 Å². The second kappa shape index (κ2) is 12.2. The van der Waals surface area contributed by atoms with Crippen LogP contribution in [0.1, 0.15) is 41.3 Å². The largest absolute Gasteiger partial charge is 0.416 e. The van der Waals surface area contributed by atoms with E-state index in [2.05, 4.69) is 42.4 Å². The SMILES string of the molecule is CCN1CCN(c2cc(C(=O)Nc3ccc(C)c(N(c4cc(NC5CC5)ncn4)c4ncc[nH]4)c3)cc(C(F)(F)F)c2)CC1. The van der Waals surface area contributed by atoms with Crippen LogP contribution < -0.4 is 20.4 Å². The Balaban J connectivity index is 1.30. The number of piperazine rings is 1. The fourth-order valence-corrected chi connectivity index (χ4v) is 5.25. The Bertz CT molecular complexity index is 1610. The number of alkyl halides is 3. The summed E-state index contributed by atoms with van der Waals surface area (Å²) in [5.41, 5.74) is 1.41. The molecule has 0 atom stereocenters. The van der Waals surface area contributed by atoms with E-state index in [0.717, 1.165) is 50.2 Å². The van der Waals surface area contributed by atoms with Gasteiger partial charge in [-0.25, -0.2) is 15.0 Å². The third-order valence-corrected chi connectivity index (χ3v) is 7.91. The van der Waals surface area contributed by atoms with Crippen LogP contribution in [0.25, 0.3) is 0 Å². The van der Waals surface area contributed by atoms with Crippen LogP contribution in [0, 0.1) is 6.92 Å². The van der Waals surface area contributed by atoms with E-state index in [-0.39, 0.29) is 5.56 Å². The molecule has 10 nitrogen and oxygen atoms in total. The topological polar surface area (TPSA) is 105 Å². The van der Waals surface area contributed by atoms with Crippen molar-refractivity contribution < 1.29 is 18.0 Å². The van der Waals surface area contributed by atoms with Crippen LogP contribution in [0.3, 0.4) is 0 Å². The van der Waals surface area contributed by atoms with Crippen molar-refractivity contribution in [1.29, 1.82) is 0 Å². The number of hydrogen-bond donors (Lipinski definition) is 3. The normalized spacial score (nSPS) is 15.7. The minimum Gasteiger partial charge on any atom is -0.369 e. The number of hydrogen-bond acceptors (Lipinski definition) is 8. The lowest BCUT2D eigenvalue weighted by atomic mass is 10.1. The maximum Gasteiger partial charge on any atom is 0.416 e. The van der Waals surface area contributed by atoms with Gasteiger partial charge in [0.25, 0.3) is 5.91 Å². The van der Waals surface area contributed by atoms with Gasteiger partial charge in [-0.2, -0.15) is 13.2 Å². The van der Waals surface area contributed by atoms with Crippen molar-refractivity contribution in [3.63, 3.8) is 0 Å².